The van der Waals surface area contributed by atoms with Crippen molar-refractivity contribution in [2.75, 3.05) is 40.0 Å². The summed E-state index contributed by atoms with van der Waals surface area (Å²) in [4.78, 5) is 13.3. The molecule has 192 valence electrons. The second-order valence-electron chi connectivity index (χ2n) is 9.26. The highest BCUT2D eigenvalue weighted by molar-refractivity contribution is 5.79. The number of anilines is 1. The molecule has 4 atom stereocenters. The van der Waals surface area contributed by atoms with Gasteiger partial charge in [-0.05, 0) is 53.1 Å². The molecule has 3 aromatic carbocycles. The molecule has 0 aromatic heterocycles. The molecule has 1 unspecified atom stereocenters. The number of nitrogens with one attached hydrogen (secondary N) is 1. The average Bonchev–Trinajstić information content (AvgIpc) is 3.54. The maximum Gasteiger partial charge on any atom is 0.310 e. The SMILES string of the molecule is COc1cccc(N[C@@H]2c3cc4c(cc3[C@H](c3cc(OC)c(O)c(OC)c3)[C@H]3C(=O)OCC23)OCO4)c1. The van der Waals surface area contributed by atoms with E-state index in [0.29, 0.717) is 11.5 Å². The summed E-state index contributed by atoms with van der Waals surface area (Å²) < 4.78 is 33.3. The molecule has 2 heterocycles. The number of methoxy groups -OCH3 is 3. The molecule has 1 aliphatic carbocycles. The number of phenolic OH excluding ortho intramolecular Hbond substituents is 1. The fourth-order valence-electron chi connectivity index (χ4n) is 5.73. The summed E-state index contributed by atoms with van der Waals surface area (Å²) >= 11 is 0. The molecule has 2 aliphatic heterocycles. The van der Waals surface area contributed by atoms with Gasteiger partial charge in [0.15, 0.2) is 23.0 Å². The van der Waals surface area contributed by atoms with Crippen LogP contribution in [0.25, 0.3) is 0 Å². The number of fused-ring (bicyclic) bond motifs is 3. The summed E-state index contributed by atoms with van der Waals surface area (Å²) in [5, 5.41) is 14.1. The molecule has 2 N–H and O–H groups in total. The minimum absolute atomic E-state index is 0.0985. The van der Waals surface area contributed by atoms with Crippen molar-refractivity contribution in [3.05, 3.63) is 65.2 Å². The zero-order valence-corrected chi connectivity index (χ0v) is 20.6. The van der Waals surface area contributed by atoms with Crippen LogP contribution in [0, 0.1) is 11.8 Å². The lowest BCUT2D eigenvalue weighted by atomic mass is 9.65. The van der Waals surface area contributed by atoms with E-state index in [1.54, 1.807) is 19.2 Å². The lowest BCUT2D eigenvalue weighted by Crippen LogP contribution is -2.37. The normalized spacial score (nSPS) is 23.1. The highest BCUT2D eigenvalue weighted by Crippen LogP contribution is 2.56. The topological polar surface area (TPSA) is 105 Å². The molecular weight excluding hydrogens is 478 g/mol. The summed E-state index contributed by atoms with van der Waals surface area (Å²) in [5.74, 6) is 1.08. The van der Waals surface area contributed by atoms with Crippen molar-refractivity contribution in [2.45, 2.75) is 12.0 Å². The van der Waals surface area contributed by atoms with Crippen LogP contribution in [0.2, 0.25) is 0 Å². The van der Waals surface area contributed by atoms with E-state index in [1.807, 2.05) is 36.4 Å². The molecule has 0 amide bonds. The third-order valence-electron chi connectivity index (χ3n) is 7.44. The first kappa shape index (κ1) is 23.1. The van der Waals surface area contributed by atoms with Gasteiger partial charge >= 0.3 is 5.97 Å². The number of hydrogen-bond donors (Lipinski definition) is 2. The van der Waals surface area contributed by atoms with E-state index in [0.717, 1.165) is 28.1 Å². The summed E-state index contributed by atoms with van der Waals surface area (Å²) in [5.41, 5.74) is 3.50. The van der Waals surface area contributed by atoms with Crippen molar-refractivity contribution in [3.63, 3.8) is 0 Å². The molecule has 0 radical (unpaired) electrons. The number of rotatable bonds is 6. The van der Waals surface area contributed by atoms with Crippen LogP contribution in [-0.2, 0) is 9.53 Å². The number of hydrogen-bond acceptors (Lipinski definition) is 9. The summed E-state index contributed by atoms with van der Waals surface area (Å²) in [6.45, 7) is 0.397. The van der Waals surface area contributed by atoms with Crippen LogP contribution in [0.4, 0.5) is 5.69 Å². The Hall–Kier alpha value is -4.27. The van der Waals surface area contributed by atoms with Crippen molar-refractivity contribution in [1.29, 1.82) is 0 Å². The number of carbonyl (C=O) groups is 1. The smallest absolute Gasteiger partial charge is 0.310 e. The molecule has 3 aliphatic rings. The van der Waals surface area contributed by atoms with Crippen LogP contribution in [-0.4, -0.2) is 45.8 Å². The first-order valence-corrected chi connectivity index (χ1v) is 12.0. The zero-order chi connectivity index (χ0) is 25.7. The Kier molecular flexibility index (Phi) is 5.62. The minimum Gasteiger partial charge on any atom is -0.502 e. The predicted molar refractivity (Wildman–Crippen MR) is 133 cm³/mol. The van der Waals surface area contributed by atoms with Crippen LogP contribution >= 0.6 is 0 Å². The number of ether oxygens (including phenoxy) is 6. The Morgan fingerprint density at radius 3 is 2.27 bits per heavy atom. The summed E-state index contributed by atoms with van der Waals surface area (Å²) in [7, 11) is 4.58. The zero-order valence-electron chi connectivity index (χ0n) is 20.6. The lowest BCUT2D eigenvalue weighted by Gasteiger charge is -2.40. The fourth-order valence-corrected chi connectivity index (χ4v) is 5.73. The standard InChI is InChI=1S/C28H27NO8/c1-32-16-6-4-5-15(9-16)29-26-18-11-21-20(36-13-37-21)10-17(18)24(25-19(26)12-35-28(25)31)14-7-22(33-2)27(30)23(8-14)34-3/h4-11,19,24-26,29-30H,12-13H2,1-3H3/t19?,24-,25-,26+/m0/s1. The van der Waals surface area contributed by atoms with E-state index in [4.69, 9.17) is 28.4 Å². The maximum atomic E-state index is 13.3. The first-order valence-electron chi connectivity index (χ1n) is 12.0. The Labute approximate surface area is 213 Å². The van der Waals surface area contributed by atoms with Crippen molar-refractivity contribution in [3.8, 4) is 34.5 Å². The lowest BCUT2D eigenvalue weighted by molar-refractivity contribution is -0.141. The first-order chi connectivity index (χ1) is 18.0. The third-order valence-corrected chi connectivity index (χ3v) is 7.44. The maximum absolute atomic E-state index is 13.3. The van der Waals surface area contributed by atoms with Gasteiger partial charge in [0.05, 0.1) is 39.9 Å². The van der Waals surface area contributed by atoms with Gasteiger partial charge in [-0.1, -0.05) is 6.07 Å². The second kappa shape index (κ2) is 8.99. The number of carbonyl (C=O) groups excluding carboxylic acids is 1. The molecule has 6 rings (SSSR count). The molecule has 9 nitrogen and oxygen atoms in total. The molecule has 0 bridgehead atoms. The van der Waals surface area contributed by atoms with Gasteiger partial charge in [-0.25, -0.2) is 0 Å². The van der Waals surface area contributed by atoms with Gasteiger partial charge in [0.1, 0.15) is 5.75 Å². The molecule has 0 spiro atoms. The van der Waals surface area contributed by atoms with E-state index < -0.39 is 11.8 Å². The van der Waals surface area contributed by atoms with Gasteiger partial charge in [0, 0.05) is 23.6 Å². The van der Waals surface area contributed by atoms with E-state index in [-0.39, 0.29) is 48.6 Å². The number of phenols is 1. The van der Waals surface area contributed by atoms with Crippen molar-refractivity contribution < 1.29 is 38.3 Å². The number of cyclic esters (lactones) is 1. The van der Waals surface area contributed by atoms with Gasteiger partial charge in [-0.3, -0.25) is 4.79 Å². The predicted octanol–water partition coefficient (Wildman–Crippen LogP) is 4.23. The van der Waals surface area contributed by atoms with Gasteiger partial charge in [-0.2, -0.15) is 0 Å². The molecule has 0 saturated carbocycles. The van der Waals surface area contributed by atoms with Crippen molar-refractivity contribution in [1.82, 2.24) is 0 Å². The Bertz CT molecular complexity index is 1350. The van der Waals surface area contributed by atoms with Gasteiger partial charge in [0.2, 0.25) is 12.5 Å². The summed E-state index contributed by atoms with van der Waals surface area (Å²) in [6.07, 6.45) is 0. The van der Waals surface area contributed by atoms with Crippen LogP contribution in [0.3, 0.4) is 0 Å². The number of aromatic hydroxyl groups is 1. The molecule has 9 heteroatoms. The molecule has 1 saturated heterocycles. The molecule has 37 heavy (non-hydrogen) atoms. The van der Waals surface area contributed by atoms with Gasteiger partial charge in [-0.15, -0.1) is 0 Å². The van der Waals surface area contributed by atoms with E-state index in [9.17, 15) is 9.90 Å². The van der Waals surface area contributed by atoms with Crippen LogP contribution in [0.1, 0.15) is 28.7 Å². The van der Waals surface area contributed by atoms with Gasteiger partial charge in [0.25, 0.3) is 0 Å². The van der Waals surface area contributed by atoms with Crippen molar-refractivity contribution in [2.24, 2.45) is 11.8 Å². The number of esters is 1. The van der Waals surface area contributed by atoms with E-state index in [2.05, 4.69) is 5.32 Å². The average molecular weight is 506 g/mol. The Balaban J connectivity index is 1.54. The minimum atomic E-state index is -0.491. The van der Waals surface area contributed by atoms with Crippen LogP contribution in [0.5, 0.6) is 34.5 Å². The quantitative estimate of drug-likeness (QED) is 0.476. The Morgan fingerprint density at radius 2 is 1.59 bits per heavy atom. The molecule has 1 fully saturated rings. The number of benzene rings is 3. The monoisotopic (exact) mass is 505 g/mol. The van der Waals surface area contributed by atoms with Crippen molar-refractivity contribution >= 4 is 11.7 Å². The van der Waals surface area contributed by atoms with E-state index >= 15 is 0 Å². The largest absolute Gasteiger partial charge is 0.502 e. The molecule has 3 aromatic rings. The highest BCUT2D eigenvalue weighted by Gasteiger charge is 2.52. The highest BCUT2D eigenvalue weighted by atomic mass is 16.7. The Morgan fingerprint density at radius 1 is 0.892 bits per heavy atom. The van der Waals surface area contributed by atoms with Crippen LogP contribution < -0.4 is 29.0 Å². The van der Waals surface area contributed by atoms with Crippen LogP contribution in [0.15, 0.2) is 48.5 Å². The summed E-state index contributed by atoms with van der Waals surface area (Å²) in [6, 6.07) is 14.8. The van der Waals surface area contributed by atoms with Gasteiger partial charge < -0.3 is 38.8 Å². The second-order valence-corrected chi connectivity index (χ2v) is 9.26. The fraction of sp³-hybridized carbons (Fsp3) is 0.321. The third kappa shape index (κ3) is 3.73. The van der Waals surface area contributed by atoms with E-state index in [1.165, 1.54) is 14.2 Å². The molecular formula is C28H27NO8.